The van der Waals surface area contributed by atoms with E-state index < -0.39 is 18.4 Å². The third-order valence-corrected chi connectivity index (χ3v) is 5.71. The summed E-state index contributed by atoms with van der Waals surface area (Å²) < 4.78 is 42.8. The normalized spacial score (nSPS) is 22.6. The second kappa shape index (κ2) is 9.18. The number of piperidine rings is 1. The van der Waals surface area contributed by atoms with E-state index in [-0.39, 0.29) is 5.75 Å². The van der Waals surface area contributed by atoms with Gasteiger partial charge in [-0.1, -0.05) is 62.4 Å². The minimum absolute atomic E-state index is 0.261. The van der Waals surface area contributed by atoms with Crippen molar-refractivity contribution in [2.45, 2.75) is 45.1 Å². The number of hydrogen-bond acceptors (Lipinski definition) is 3. The van der Waals surface area contributed by atoms with E-state index in [0.717, 1.165) is 24.9 Å². The third-order valence-electron chi connectivity index (χ3n) is 5.71. The van der Waals surface area contributed by atoms with E-state index in [1.54, 1.807) is 18.2 Å². The molecule has 0 bridgehead atoms. The molecule has 1 heterocycles. The highest BCUT2D eigenvalue weighted by Gasteiger charge is 2.37. The fourth-order valence-corrected chi connectivity index (χ4v) is 3.89. The molecule has 2 atom stereocenters. The zero-order valence-corrected chi connectivity index (χ0v) is 16.9. The van der Waals surface area contributed by atoms with Gasteiger partial charge in [-0.3, -0.25) is 10.6 Å². The Morgan fingerprint density at radius 3 is 2.41 bits per heavy atom. The van der Waals surface area contributed by atoms with Crippen LogP contribution in [0.25, 0.3) is 0 Å². The van der Waals surface area contributed by atoms with Crippen molar-refractivity contribution in [1.29, 1.82) is 0 Å². The zero-order valence-electron chi connectivity index (χ0n) is 16.9. The Bertz CT molecular complexity index is 769. The lowest BCUT2D eigenvalue weighted by Crippen LogP contribution is -2.58. The molecule has 0 amide bonds. The first-order valence-electron chi connectivity index (χ1n) is 10.1. The van der Waals surface area contributed by atoms with Gasteiger partial charge in [0.25, 0.3) is 0 Å². The van der Waals surface area contributed by atoms with Crippen LogP contribution in [0.1, 0.15) is 37.8 Å². The predicted molar refractivity (Wildman–Crippen MR) is 109 cm³/mol. The van der Waals surface area contributed by atoms with Crippen LogP contribution < -0.4 is 15.4 Å². The van der Waals surface area contributed by atoms with Crippen molar-refractivity contribution >= 4 is 0 Å². The number of halogens is 3. The van der Waals surface area contributed by atoms with Crippen molar-refractivity contribution in [2.24, 2.45) is 11.8 Å². The average molecular weight is 406 g/mol. The maximum Gasteiger partial charge on any atom is 0.422 e. The summed E-state index contributed by atoms with van der Waals surface area (Å²) in [4.78, 5) is 0. The van der Waals surface area contributed by atoms with Gasteiger partial charge in [-0.15, -0.1) is 0 Å². The summed E-state index contributed by atoms with van der Waals surface area (Å²) in [6.07, 6.45) is -2.37. The van der Waals surface area contributed by atoms with Gasteiger partial charge in [0.2, 0.25) is 0 Å². The Morgan fingerprint density at radius 1 is 1.10 bits per heavy atom. The molecule has 0 aromatic heterocycles. The molecule has 6 heteroatoms. The van der Waals surface area contributed by atoms with E-state index in [1.165, 1.54) is 0 Å². The van der Waals surface area contributed by atoms with Gasteiger partial charge in [-0.25, -0.2) is 0 Å². The first-order chi connectivity index (χ1) is 13.8. The highest BCUT2D eigenvalue weighted by Crippen LogP contribution is 2.33. The molecule has 2 aromatic rings. The molecule has 2 unspecified atom stereocenters. The Kier molecular flexibility index (Phi) is 6.85. The van der Waals surface area contributed by atoms with E-state index in [4.69, 9.17) is 4.74 Å². The molecule has 158 valence electrons. The molecular weight excluding hydrogens is 377 g/mol. The SMILES string of the molecule is CC(C)C1CCC(NCc2ccccc2OCC(F)(F)F)(c2ccccc2)NC1. The highest BCUT2D eigenvalue weighted by molar-refractivity contribution is 5.34. The average Bonchev–Trinajstić information content (AvgIpc) is 2.71. The molecule has 1 aliphatic heterocycles. The molecule has 0 saturated carbocycles. The molecule has 0 radical (unpaired) electrons. The van der Waals surface area contributed by atoms with E-state index in [9.17, 15) is 13.2 Å². The van der Waals surface area contributed by atoms with Crippen LogP contribution in [0.2, 0.25) is 0 Å². The Labute approximate surface area is 170 Å². The molecule has 1 saturated heterocycles. The fourth-order valence-electron chi connectivity index (χ4n) is 3.89. The van der Waals surface area contributed by atoms with Gasteiger partial charge < -0.3 is 4.74 Å². The van der Waals surface area contributed by atoms with Crippen molar-refractivity contribution in [2.75, 3.05) is 13.2 Å². The van der Waals surface area contributed by atoms with E-state index in [1.807, 2.05) is 24.3 Å². The van der Waals surface area contributed by atoms with Gasteiger partial charge in [-0.2, -0.15) is 13.2 Å². The van der Waals surface area contributed by atoms with E-state index in [2.05, 4.69) is 36.6 Å². The summed E-state index contributed by atoms with van der Waals surface area (Å²) in [7, 11) is 0. The van der Waals surface area contributed by atoms with Gasteiger partial charge in [-0.05, 0) is 36.3 Å². The first kappa shape index (κ1) is 21.7. The van der Waals surface area contributed by atoms with Crippen LogP contribution in [-0.2, 0) is 12.2 Å². The van der Waals surface area contributed by atoms with Crippen molar-refractivity contribution in [3.8, 4) is 5.75 Å². The maximum absolute atomic E-state index is 12.6. The molecule has 0 aliphatic carbocycles. The summed E-state index contributed by atoms with van der Waals surface area (Å²) in [6.45, 7) is 4.49. The van der Waals surface area contributed by atoms with Crippen molar-refractivity contribution in [1.82, 2.24) is 10.6 Å². The van der Waals surface area contributed by atoms with Crippen LogP contribution in [0.4, 0.5) is 13.2 Å². The Morgan fingerprint density at radius 2 is 1.79 bits per heavy atom. The Hall–Kier alpha value is -2.05. The number of para-hydroxylation sites is 1. The molecule has 2 aromatic carbocycles. The van der Waals surface area contributed by atoms with E-state index in [0.29, 0.717) is 23.9 Å². The summed E-state index contributed by atoms with van der Waals surface area (Å²) in [5.41, 5.74) is 1.43. The molecule has 1 aliphatic rings. The van der Waals surface area contributed by atoms with Crippen LogP contribution in [0, 0.1) is 11.8 Å². The number of benzene rings is 2. The zero-order chi connectivity index (χ0) is 20.9. The minimum Gasteiger partial charge on any atom is -0.484 e. The standard InChI is InChI=1S/C23H29F3N2O/c1-17(2)18-12-13-22(27-14-18,20-9-4-3-5-10-20)28-15-19-8-6-7-11-21(19)29-16-23(24,25)26/h3-11,17-18,27-28H,12-16H2,1-2H3. The van der Waals surface area contributed by atoms with Crippen molar-refractivity contribution in [3.63, 3.8) is 0 Å². The number of nitrogens with one attached hydrogen (secondary N) is 2. The number of alkyl halides is 3. The second-order valence-electron chi connectivity index (χ2n) is 8.06. The van der Waals surface area contributed by atoms with Crippen molar-refractivity contribution < 1.29 is 17.9 Å². The minimum atomic E-state index is -4.36. The van der Waals surface area contributed by atoms with Crippen LogP contribution >= 0.6 is 0 Å². The van der Waals surface area contributed by atoms with Crippen LogP contribution in [0.5, 0.6) is 5.75 Å². The first-order valence-corrected chi connectivity index (χ1v) is 10.1. The summed E-state index contributed by atoms with van der Waals surface area (Å²) in [5, 5.41) is 7.29. The fraction of sp³-hybridized carbons (Fsp3) is 0.478. The molecule has 3 nitrogen and oxygen atoms in total. The lowest BCUT2D eigenvalue weighted by atomic mass is 9.81. The maximum atomic E-state index is 12.6. The molecular formula is C23H29F3N2O. The second-order valence-corrected chi connectivity index (χ2v) is 8.06. The molecule has 3 rings (SSSR count). The topological polar surface area (TPSA) is 33.3 Å². The number of rotatable bonds is 7. The Balaban J connectivity index is 1.77. The largest absolute Gasteiger partial charge is 0.484 e. The highest BCUT2D eigenvalue weighted by atomic mass is 19.4. The smallest absolute Gasteiger partial charge is 0.422 e. The molecule has 1 fully saturated rings. The van der Waals surface area contributed by atoms with Gasteiger partial charge in [0.15, 0.2) is 6.61 Å². The van der Waals surface area contributed by atoms with E-state index >= 15 is 0 Å². The van der Waals surface area contributed by atoms with Gasteiger partial charge >= 0.3 is 6.18 Å². The lowest BCUT2D eigenvalue weighted by molar-refractivity contribution is -0.153. The summed E-state index contributed by atoms with van der Waals surface area (Å²) >= 11 is 0. The summed E-state index contributed by atoms with van der Waals surface area (Å²) in [6, 6.07) is 17.1. The van der Waals surface area contributed by atoms with Gasteiger partial charge in [0.05, 0.1) is 5.66 Å². The molecule has 29 heavy (non-hydrogen) atoms. The van der Waals surface area contributed by atoms with Gasteiger partial charge in [0, 0.05) is 18.7 Å². The number of hydrogen-bond donors (Lipinski definition) is 2. The third kappa shape index (κ3) is 5.73. The summed E-state index contributed by atoms with van der Waals surface area (Å²) in [5.74, 6) is 1.47. The monoisotopic (exact) mass is 406 g/mol. The van der Waals surface area contributed by atoms with Crippen LogP contribution in [0.15, 0.2) is 54.6 Å². The lowest BCUT2D eigenvalue weighted by Gasteiger charge is -2.43. The van der Waals surface area contributed by atoms with Crippen LogP contribution in [-0.4, -0.2) is 19.3 Å². The molecule has 2 N–H and O–H groups in total. The predicted octanol–water partition coefficient (Wildman–Crippen LogP) is 5.23. The number of ether oxygens (including phenoxy) is 1. The quantitative estimate of drug-likeness (QED) is 0.661. The van der Waals surface area contributed by atoms with Crippen LogP contribution in [0.3, 0.4) is 0 Å². The van der Waals surface area contributed by atoms with Crippen molar-refractivity contribution in [3.05, 3.63) is 65.7 Å². The molecule has 0 spiro atoms. The van der Waals surface area contributed by atoms with Gasteiger partial charge in [0.1, 0.15) is 5.75 Å².